The van der Waals surface area contributed by atoms with Crippen LogP contribution >= 0.6 is 11.3 Å². The Balaban J connectivity index is 2.61. The molecular formula is C10H11NOS. The fraction of sp³-hybridized carbons (Fsp3) is 0.300. The Labute approximate surface area is 81.9 Å². The molecule has 1 atom stereocenters. The van der Waals surface area contributed by atoms with Crippen LogP contribution in [0.3, 0.4) is 0 Å². The van der Waals surface area contributed by atoms with E-state index in [-0.39, 0.29) is 0 Å². The van der Waals surface area contributed by atoms with Gasteiger partial charge in [-0.15, -0.1) is 17.9 Å². The van der Waals surface area contributed by atoms with E-state index in [4.69, 9.17) is 0 Å². The van der Waals surface area contributed by atoms with Crippen molar-refractivity contribution in [2.45, 2.75) is 19.4 Å². The third-order valence-electron chi connectivity index (χ3n) is 1.38. The van der Waals surface area contributed by atoms with Gasteiger partial charge in [-0.05, 0) is 12.8 Å². The number of nitrogens with zero attached hydrogens (tertiary/aromatic N) is 1. The molecule has 0 radical (unpaired) electrons. The zero-order chi connectivity index (χ0) is 9.68. The van der Waals surface area contributed by atoms with Gasteiger partial charge in [0.25, 0.3) is 0 Å². The molecule has 0 saturated heterocycles. The summed E-state index contributed by atoms with van der Waals surface area (Å²) < 4.78 is 0. The van der Waals surface area contributed by atoms with Crippen molar-refractivity contribution in [3.8, 4) is 11.8 Å². The molecule has 0 amide bonds. The molecule has 68 valence electrons. The van der Waals surface area contributed by atoms with Crippen LogP contribution in [-0.2, 0) is 0 Å². The van der Waals surface area contributed by atoms with Gasteiger partial charge in [0.1, 0.15) is 11.8 Å². The highest BCUT2D eigenvalue weighted by Crippen LogP contribution is 2.06. The lowest BCUT2D eigenvalue weighted by molar-refractivity contribution is 0.236. The average molecular weight is 193 g/mol. The van der Waals surface area contributed by atoms with Crippen molar-refractivity contribution in [1.82, 2.24) is 4.98 Å². The zero-order valence-electron chi connectivity index (χ0n) is 7.45. The molecule has 0 aliphatic heterocycles. The molecule has 0 bridgehead atoms. The first-order chi connectivity index (χ1) is 6.22. The van der Waals surface area contributed by atoms with Gasteiger partial charge in [0, 0.05) is 11.8 Å². The van der Waals surface area contributed by atoms with E-state index in [2.05, 4.69) is 23.4 Å². The van der Waals surface area contributed by atoms with Crippen molar-refractivity contribution < 1.29 is 5.11 Å². The van der Waals surface area contributed by atoms with Crippen LogP contribution in [0.5, 0.6) is 0 Å². The van der Waals surface area contributed by atoms with Crippen molar-refractivity contribution in [3.63, 3.8) is 0 Å². The van der Waals surface area contributed by atoms with Crippen LogP contribution in [0, 0.1) is 18.8 Å². The van der Waals surface area contributed by atoms with Gasteiger partial charge < -0.3 is 5.11 Å². The van der Waals surface area contributed by atoms with E-state index in [1.54, 1.807) is 17.4 Å². The number of hydrogen-bond acceptors (Lipinski definition) is 3. The second-order valence-electron chi connectivity index (χ2n) is 2.56. The Hall–Kier alpha value is -1.11. The maximum Gasteiger partial charge on any atom is 0.124 e. The summed E-state index contributed by atoms with van der Waals surface area (Å²) >= 11 is 1.55. The largest absolute Gasteiger partial charge is 0.380 e. The average Bonchev–Trinajstić information content (AvgIpc) is 2.49. The molecule has 2 nitrogen and oxygen atoms in total. The van der Waals surface area contributed by atoms with E-state index in [0.29, 0.717) is 6.42 Å². The van der Waals surface area contributed by atoms with Crippen LogP contribution in [-0.4, -0.2) is 16.2 Å². The predicted molar refractivity (Wildman–Crippen MR) is 54.5 cm³/mol. The monoisotopic (exact) mass is 193 g/mol. The molecule has 1 heterocycles. The quantitative estimate of drug-likeness (QED) is 0.573. The van der Waals surface area contributed by atoms with E-state index in [1.165, 1.54) is 0 Å². The van der Waals surface area contributed by atoms with Gasteiger partial charge in [-0.25, -0.2) is 4.98 Å². The van der Waals surface area contributed by atoms with Gasteiger partial charge in [0.05, 0.1) is 5.01 Å². The summed E-state index contributed by atoms with van der Waals surface area (Å²) in [4.78, 5) is 4.15. The lowest BCUT2D eigenvalue weighted by Crippen LogP contribution is -1.99. The van der Waals surface area contributed by atoms with E-state index < -0.39 is 6.10 Å². The molecule has 0 aromatic carbocycles. The minimum absolute atomic E-state index is 0.496. The van der Waals surface area contributed by atoms with Crippen molar-refractivity contribution in [2.75, 3.05) is 0 Å². The van der Waals surface area contributed by atoms with Gasteiger partial charge in [0.2, 0.25) is 0 Å². The molecule has 1 aromatic heterocycles. The first-order valence-electron chi connectivity index (χ1n) is 3.95. The fourth-order valence-corrected chi connectivity index (χ4v) is 1.34. The summed E-state index contributed by atoms with van der Waals surface area (Å²) in [6, 6.07) is 0. The van der Waals surface area contributed by atoms with Crippen LogP contribution in [0.2, 0.25) is 0 Å². The second kappa shape index (κ2) is 4.80. The summed E-state index contributed by atoms with van der Waals surface area (Å²) in [5.74, 6) is 5.49. The Morgan fingerprint density at radius 3 is 3.15 bits per heavy atom. The Kier molecular flexibility index (Phi) is 3.69. The molecular weight excluding hydrogens is 182 g/mol. The van der Waals surface area contributed by atoms with Crippen molar-refractivity contribution >= 4 is 11.3 Å². The minimum Gasteiger partial charge on any atom is -0.380 e. The second-order valence-corrected chi connectivity index (χ2v) is 3.62. The number of aliphatic hydroxyl groups excluding tert-OH is 1. The minimum atomic E-state index is -0.625. The topological polar surface area (TPSA) is 33.1 Å². The molecule has 13 heavy (non-hydrogen) atoms. The summed E-state index contributed by atoms with van der Waals surface area (Å²) in [6.07, 6.45) is 1.52. The Morgan fingerprint density at radius 1 is 1.85 bits per heavy atom. The highest BCUT2D eigenvalue weighted by atomic mass is 32.1. The van der Waals surface area contributed by atoms with E-state index in [1.807, 2.05) is 12.3 Å². The lowest BCUT2D eigenvalue weighted by atomic mass is 10.2. The van der Waals surface area contributed by atoms with Crippen LogP contribution in [0.25, 0.3) is 0 Å². The summed E-state index contributed by atoms with van der Waals surface area (Å²) in [7, 11) is 0. The third-order valence-corrected chi connectivity index (χ3v) is 2.15. The van der Waals surface area contributed by atoms with Crippen molar-refractivity contribution in [1.29, 1.82) is 0 Å². The molecule has 0 spiro atoms. The summed E-state index contributed by atoms with van der Waals surface area (Å²) in [5.41, 5.74) is 0.727. The maximum absolute atomic E-state index is 9.25. The smallest absolute Gasteiger partial charge is 0.124 e. The number of thiazole rings is 1. The number of rotatable bonds is 2. The molecule has 1 N–H and O–H groups in total. The first kappa shape index (κ1) is 9.97. The Morgan fingerprint density at radius 2 is 2.62 bits per heavy atom. The van der Waals surface area contributed by atoms with E-state index >= 15 is 0 Å². The third kappa shape index (κ3) is 3.41. The van der Waals surface area contributed by atoms with Crippen LogP contribution < -0.4 is 0 Å². The van der Waals surface area contributed by atoms with Crippen molar-refractivity contribution in [2.24, 2.45) is 0 Å². The maximum atomic E-state index is 9.25. The van der Waals surface area contributed by atoms with E-state index in [9.17, 15) is 5.11 Å². The molecule has 1 rings (SSSR count). The first-order valence-corrected chi connectivity index (χ1v) is 4.83. The van der Waals surface area contributed by atoms with Gasteiger partial charge in [-0.2, -0.15) is 0 Å². The molecule has 0 saturated carbocycles. The highest BCUT2D eigenvalue weighted by Gasteiger charge is 1.95. The zero-order valence-corrected chi connectivity index (χ0v) is 8.27. The Bertz CT molecular complexity index is 345. The predicted octanol–water partition coefficient (Wildman–Crippen LogP) is 1.74. The van der Waals surface area contributed by atoms with Gasteiger partial charge in [-0.3, -0.25) is 0 Å². The number of aliphatic hydroxyl groups is 1. The SMILES string of the molecule is C=CCC(O)C#Cc1csc(C)n1. The van der Waals surface area contributed by atoms with Gasteiger partial charge in [0.15, 0.2) is 0 Å². The molecule has 0 fully saturated rings. The van der Waals surface area contributed by atoms with Crippen LogP contribution in [0.1, 0.15) is 17.1 Å². The number of aryl methyl sites for hydroxylation is 1. The lowest BCUT2D eigenvalue weighted by Gasteiger charge is -1.93. The number of aromatic nitrogens is 1. The van der Waals surface area contributed by atoms with Crippen LogP contribution in [0.15, 0.2) is 18.0 Å². The molecule has 3 heteroatoms. The van der Waals surface area contributed by atoms with Gasteiger partial charge >= 0.3 is 0 Å². The van der Waals surface area contributed by atoms with E-state index in [0.717, 1.165) is 10.7 Å². The normalized spacial score (nSPS) is 11.5. The molecule has 1 unspecified atom stereocenters. The van der Waals surface area contributed by atoms with Crippen LogP contribution in [0.4, 0.5) is 0 Å². The fourth-order valence-electron chi connectivity index (χ4n) is 0.795. The summed E-state index contributed by atoms with van der Waals surface area (Å²) in [5, 5.41) is 12.1. The van der Waals surface area contributed by atoms with Crippen molar-refractivity contribution in [3.05, 3.63) is 28.7 Å². The standard InChI is InChI=1S/C10H11NOS/c1-3-4-10(12)6-5-9-7-13-8(2)11-9/h3,7,10,12H,1,4H2,2H3. The highest BCUT2D eigenvalue weighted by molar-refractivity contribution is 7.09. The molecule has 0 aliphatic rings. The summed E-state index contributed by atoms with van der Waals surface area (Å²) in [6.45, 7) is 5.45. The van der Waals surface area contributed by atoms with Gasteiger partial charge in [-0.1, -0.05) is 12.0 Å². The molecule has 1 aromatic rings. The molecule has 0 aliphatic carbocycles. The number of hydrogen-bond donors (Lipinski definition) is 1.